The number of nitrogens with zero attached hydrogens (tertiary/aromatic N) is 2. The molecule has 0 unspecified atom stereocenters. The number of piperazine rings is 1. The van der Waals surface area contributed by atoms with Crippen molar-refractivity contribution in [1.29, 1.82) is 0 Å². The molecule has 0 bridgehead atoms. The molecule has 1 N–H and O–H groups in total. The number of carbonyl (C=O) groups excluding carboxylic acids is 1. The lowest BCUT2D eigenvalue weighted by Gasteiger charge is -2.37. The minimum atomic E-state index is -4.42. The van der Waals surface area contributed by atoms with E-state index in [1.165, 1.54) is 6.07 Å². The Morgan fingerprint density at radius 2 is 1.77 bits per heavy atom. The summed E-state index contributed by atoms with van der Waals surface area (Å²) < 4.78 is 40.4. The summed E-state index contributed by atoms with van der Waals surface area (Å²) in [5.74, 6) is 0.0275. The van der Waals surface area contributed by atoms with E-state index >= 15 is 0 Å². The third kappa shape index (κ3) is 8.07. The van der Waals surface area contributed by atoms with E-state index in [1.54, 1.807) is 23.1 Å². The average Bonchev–Trinajstić information content (AvgIpc) is 2.91. The lowest BCUT2D eigenvalue weighted by Crippen LogP contribution is -2.49. The van der Waals surface area contributed by atoms with Gasteiger partial charge in [-0.25, -0.2) is 0 Å². The highest BCUT2D eigenvalue weighted by Gasteiger charge is 2.32. The van der Waals surface area contributed by atoms with Crippen molar-refractivity contribution in [3.63, 3.8) is 0 Å². The molecule has 0 spiro atoms. The second-order valence-electron chi connectivity index (χ2n) is 9.62. The van der Waals surface area contributed by atoms with E-state index in [0.29, 0.717) is 67.7 Å². The normalized spacial score (nSPS) is 16.0. The van der Waals surface area contributed by atoms with Gasteiger partial charge >= 0.3 is 6.18 Å². The molecule has 4 rings (SSSR count). The fourth-order valence-corrected chi connectivity index (χ4v) is 5.55. The van der Waals surface area contributed by atoms with E-state index in [0.717, 1.165) is 40.6 Å². The number of allylic oxidation sites excluding steroid dienone is 3. The first kappa shape index (κ1) is 29.6. The summed E-state index contributed by atoms with van der Waals surface area (Å²) in [7, 11) is 0. The molecule has 0 aromatic heterocycles. The third-order valence-corrected chi connectivity index (χ3v) is 8.00. The van der Waals surface area contributed by atoms with Gasteiger partial charge < -0.3 is 15.1 Å². The molecule has 1 fully saturated rings. The van der Waals surface area contributed by atoms with Crippen LogP contribution in [0.4, 0.5) is 18.9 Å². The molecule has 1 saturated heterocycles. The summed E-state index contributed by atoms with van der Waals surface area (Å²) in [5.41, 5.74) is 2.63. The van der Waals surface area contributed by atoms with Gasteiger partial charge in [-0.1, -0.05) is 59.7 Å². The summed E-state index contributed by atoms with van der Waals surface area (Å²) >= 11 is 17.6. The number of alkyl halides is 3. The summed E-state index contributed by atoms with van der Waals surface area (Å²) in [6, 6.07) is 9.14. The molecular weight excluding hydrogens is 566 g/mol. The van der Waals surface area contributed by atoms with Gasteiger partial charge in [0.15, 0.2) is 0 Å². The van der Waals surface area contributed by atoms with Gasteiger partial charge in [0.05, 0.1) is 5.56 Å². The van der Waals surface area contributed by atoms with Gasteiger partial charge in [-0.15, -0.1) is 0 Å². The SMILES string of the molecule is O=C(CCc1ccc(Cl)cc1Cl)N1CCN(c2ccc(C(F)(F)F)cc2CNCCC2=CC=CCC2=S)CC1. The number of hydrogen-bond acceptors (Lipinski definition) is 4. The fraction of sp³-hybridized carbons (Fsp3) is 0.379. The number of hydrogen-bond donors (Lipinski definition) is 1. The Hall–Kier alpha value is -2.39. The number of carbonyl (C=O) groups is 1. The van der Waals surface area contributed by atoms with Gasteiger partial charge in [-0.05, 0) is 66.4 Å². The van der Waals surface area contributed by atoms with Crippen molar-refractivity contribution in [3.8, 4) is 0 Å². The number of benzene rings is 2. The minimum absolute atomic E-state index is 0.0275. The second-order valence-corrected chi connectivity index (χ2v) is 11.0. The van der Waals surface area contributed by atoms with E-state index in [2.05, 4.69) is 10.2 Å². The predicted octanol–water partition coefficient (Wildman–Crippen LogP) is 7.03. The molecule has 10 heteroatoms. The molecule has 0 atom stereocenters. The summed E-state index contributed by atoms with van der Waals surface area (Å²) in [5, 5.41) is 4.38. The maximum absolute atomic E-state index is 13.5. The van der Waals surface area contributed by atoms with Crippen molar-refractivity contribution in [2.75, 3.05) is 37.6 Å². The molecular formula is C29H30Cl2F3N3OS. The molecule has 4 nitrogen and oxygen atoms in total. The minimum Gasteiger partial charge on any atom is -0.368 e. The number of halogens is 5. The van der Waals surface area contributed by atoms with Crippen LogP contribution in [0.5, 0.6) is 0 Å². The van der Waals surface area contributed by atoms with Crippen LogP contribution < -0.4 is 10.2 Å². The van der Waals surface area contributed by atoms with Gasteiger partial charge in [0.25, 0.3) is 0 Å². The van der Waals surface area contributed by atoms with Crippen LogP contribution in [-0.2, 0) is 23.9 Å². The van der Waals surface area contributed by atoms with E-state index in [4.69, 9.17) is 35.4 Å². The lowest BCUT2D eigenvalue weighted by molar-refractivity contribution is -0.137. The van der Waals surface area contributed by atoms with Gasteiger partial charge in [-0.3, -0.25) is 4.79 Å². The standard InChI is InChI=1S/C29H30Cl2F3N3OS/c30-24-8-5-20(25(31)18-24)6-10-28(38)37-15-13-36(14-16-37)26-9-7-23(29(32,33)34)17-22(26)19-35-12-11-21-3-1-2-4-27(21)39/h1-3,5,7-9,17-18,35H,4,6,10-16,19H2. The Morgan fingerprint density at radius 3 is 2.46 bits per heavy atom. The first-order chi connectivity index (χ1) is 18.6. The van der Waals surface area contributed by atoms with Crippen molar-refractivity contribution < 1.29 is 18.0 Å². The summed E-state index contributed by atoms with van der Waals surface area (Å²) in [6.45, 7) is 2.99. The highest BCUT2D eigenvalue weighted by Crippen LogP contribution is 2.33. The monoisotopic (exact) mass is 595 g/mol. The van der Waals surface area contributed by atoms with Crippen LogP contribution in [-0.4, -0.2) is 48.4 Å². The molecule has 208 valence electrons. The van der Waals surface area contributed by atoms with E-state index in [9.17, 15) is 18.0 Å². The Bertz CT molecular complexity index is 1270. The van der Waals surface area contributed by atoms with Gasteiger partial charge in [-0.2, -0.15) is 13.2 Å². The van der Waals surface area contributed by atoms with Crippen molar-refractivity contribution in [2.24, 2.45) is 0 Å². The lowest BCUT2D eigenvalue weighted by atomic mass is 10.0. The highest BCUT2D eigenvalue weighted by atomic mass is 35.5. The summed E-state index contributed by atoms with van der Waals surface area (Å²) in [6.07, 6.45) is 3.88. The van der Waals surface area contributed by atoms with Crippen LogP contribution in [0.3, 0.4) is 0 Å². The van der Waals surface area contributed by atoms with Crippen LogP contribution >= 0.6 is 35.4 Å². The first-order valence-electron chi connectivity index (χ1n) is 12.9. The highest BCUT2D eigenvalue weighted by molar-refractivity contribution is 7.80. The van der Waals surface area contributed by atoms with Crippen LogP contribution in [0, 0.1) is 0 Å². The number of anilines is 1. The Morgan fingerprint density at radius 1 is 1.00 bits per heavy atom. The maximum atomic E-state index is 13.5. The van der Waals surface area contributed by atoms with Crippen molar-refractivity contribution in [3.05, 3.63) is 86.9 Å². The predicted molar refractivity (Wildman–Crippen MR) is 156 cm³/mol. The zero-order valence-electron chi connectivity index (χ0n) is 21.4. The van der Waals surface area contributed by atoms with Crippen LogP contribution in [0.1, 0.15) is 36.0 Å². The van der Waals surface area contributed by atoms with Gasteiger partial charge in [0.1, 0.15) is 0 Å². The van der Waals surface area contributed by atoms with E-state index in [1.807, 2.05) is 24.3 Å². The molecule has 1 aliphatic carbocycles. The Kier molecular flexibility index (Phi) is 10.1. The van der Waals surface area contributed by atoms with Crippen molar-refractivity contribution >= 4 is 51.9 Å². The number of amides is 1. The van der Waals surface area contributed by atoms with Crippen LogP contribution in [0.25, 0.3) is 0 Å². The van der Waals surface area contributed by atoms with Gasteiger partial charge in [0.2, 0.25) is 5.91 Å². The van der Waals surface area contributed by atoms with E-state index in [-0.39, 0.29) is 5.91 Å². The number of nitrogens with one attached hydrogen (secondary N) is 1. The molecule has 0 saturated carbocycles. The quantitative estimate of drug-likeness (QED) is 0.249. The topological polar surface area (TPSA) is 35.6 Å². The maximum Gasteiger partial charge on any atom is 0.416 e. The second kappa shape index (κ2) is 13.3. The van der Waals surface area contributed by atoms with Crippen molar-refractivity contribution in [2.45, 2.75) is 38.4 Å². The number of rotatable bonds is 9. The molecule has 39 heavy (non-hydrogen) atoms. The molecule has 2 aromatic rings. The molecule has 2 aliphatic rings. The zero-order chi connectivity index (χ0) is 28.0. The molecule has 1 aliphatic heterocycles. The molecule has 0 radical (unpaired) electrons. The molecule has 1 heterocycles. The fourth-order valence-electron chi connectivity index (χ4n) is 4.79. The number of aryl methyl sites for hydroxylation is 1. The first-order valence-corrected chi connectivity index (χ1v) is 14.0. The zero-order valence-corrected chi connectivity index (χ0v) is 23.7. The van der Waals surface area contributed by atoms with Crippen LogP contribution in [0.15, 0.2) is 60.2 Å². The van der Waals surface area contributed by atoms with E-state index < -0.39 is 11.7 Å². The largest absolute Gasteiger partial charge is 0.416 e. The molecule has 2 aromatic carbocycles. The van der Waals surface area contributed by atoms with Crippen molar-refractivity contribution in [1.82, 2.24) is 10.2 Å². The van der Waals surface area contributed by atoms with Gasteiger partial charge in [0, 0.05) is 66.2 Å². The smallest absolute Gasteiger partial charge is 0.368 e. The Labute approximate surface area is 242 Å². The Balaban J connectivity index is 1.35. The van der Waals surface area contributed by atoms with Crippen LogP contribution in [0.2, 0.25) is 10.0 Å². The number of thiocarbonyl (C=S) groups is 1. The third-order valence-electron chi connectivity index (χ3n) is 6.98. The molecule has 1 amide bonds. The summed E-state index contributed by atoms with van der Waals surface area (Å²) in [4.78, 5) is 17.6. The average molecular weight is 597 g/mol.